The molecule has 2 nitrogen and oxygen atoms in total. The third-order valence-electron chi connectivity index (χ3n) is 3.94. The van der Waals surface area contributed by atoms with Crippen molar-refractivity contribution in [3.8, 4) is 0 Å². The topological polar surface area (TPSA) is 15.3 Å². The largest absolute Gasteiger partial charge is 0.320 e. The fraction of sp³-hybridized carbons (Fsp3) is 0.333. The average molecular weight is 316 g/mol. The Labute approximate surface area is 135 Å². The van der Waals surface area contributed by atoms with Gasteiger partial charge in [0.2, 0.25) is 0 Å². The molecule has 0 saturated heterocycles. The molecule has 2 aromatic rings. The summed E-state index contributed by atoms with van der Waals surface area (Å²) < 4.78 is 16.3. The van der Waals surface area contributed by atoms with Crippen molar-refractivity contribution in [2.24, 2.45) is 0 Å². The molecule has 0 fully saturated rings. The van der Waals surface area contributed by atoms with Crippen molar-refractivity contribution >= 4 is 23.3 Å². The van der Waals surface area contributed by atoms with Crippen molar-refractivity contribution in [3.63, 3.8) is 0 Å². The molecule has 0 unspecified atom stereocenters. The molecule has 0 radical (unpaired) electrons. The van der Waals surface area contributed by atoms with E-state index in [1.54, 1.807) is 18.0 Å². The number of benzene rings is 2. The zero-order valence-corrected chi connectivity index (χ0v) is 13.6. The van der Waals surface area contributed by atoms with Gasteiger partial charge in [0.25, 0.3) is 0 Å². The lowest BCUT2D eigenvalue weighted by Gasteiger charge is -2.35. The molecular weight excluding hydrogens is 295 g/mol. The lowest BCUT2D eigenvalue weighted by atomic mass is 10.0. The van der Waals surface area contributed by atoms with Gasteiger partial charge in [-0.05, 0) is 68.6 Å². The van der Waals surface area contributed by atoms with E-state index < -0.39 is 0 Å². The molecule has 1 aliphatic rings. The molecule has 0 aliphatic carbocycles. The summed E-state index contributed by atoms with van der Waals surface area (Å²) in [5.74, 6) is -0.166. The molecule has 1 atom stereocenters. The average Bonchev–Trinajstić information content (AvgIpc) is 2.55. The van der Waals surface area contributed by atoms with E-state index >= 15 is 0 Å². The van der Waals surface area contributed by atoms with E-state index in [1.165, 1.54) is 11.6 Å². The molecule has 1 N–H and O–H groups in total. The quantitative estimate of drug-likeness (QED) is 0.644. The minimum atomic E-state index is -0.166. The van der Waals surface area contributed by atoms with E-state index in [9.17, 15) is 4.39 Å². The van der Waals surface area contributed by atoms with Crippen molar-refractivity contribution < 1.29 is 4.39 Å². The van der Waals surface area contributed by atoms with Gasteiger partial charge in [-0.3, -0.25) is 4.31 Å². The number of rotatable bonds is 5. The zero-order chi connectivity index (χ0) is 15.4. The number of nitrogens with zero attached hydrogens (tertiary/aromatic N) is 1. The number of anilines is 2. The van der Waals surface area contributed by atoms with Crippen LogP contribution < -0.4 is 9.62 Å². The first-order chi connectivity index (χ1) is 10.8. The van der Waals surface area contributed by atoms with Crippen LogP contribution in [0.15, 0.2) is 48.5 Å². The number of fused-ring (bicyclic) bond motifs is 1. The highest BCUT2D eigenvalue weighted by Crippen LogP contribution is 2.44. The number of hydrogen-bond donors (Lipinski definition) is 1. The maximum Gasteiger partial charge on any atom is 0.147 e. The van der Waals surface area contributed by atoms with Crippen molar-refractivity contribution in [1.82, 2.24) is 5.32 Å². The van der Waals surface area contributed by atoms with Gasteiger partial charge in [-0.15, -0.1) is 0 Å². The Hall–Kier alpha value is -1.52. The normalized spacial score (nSPS) is 17.4. The van der Waals surface area contributed by atoms with Crippen molar-refractivity contribution in [2.75, 3.05) is 17.9 Å². The van der Waals surface area contributed by atoms with Gasteiger partial charge in [0, 0.05) is 5.25 Å². The molecule has 0 amide bonds. The maximum absolute atomic E-state index is 14.2. The number of halogens is 1. The zero-order valence-electron chi connectivity index (χ0n) is 12.8. The predicted octanol–water partition coefficient (Wildman–Crippen LogP) is 4.54. The second kappa shape index (κ2) is 7.16. The molecule has 116 valence electrons. The van der Waals surface area contributed by atoms with Crippen LogP contribution in [0, 0.1) is 5.82 Å². The summed E-state index contributed by atoms with van der Waals surface area (Å²) in [5.41, 5.74) is 3.07. The molecule has 0 spiro atoms. The van der Waals surface area contributed by atoms with Crippen LogP contribution in [0.2, 0.25) is 0 Å². The van der Waals surface area contributed by atoms with Gasteiger partial charge in [0.1, 0.15) is 5.82 Å². The molecule has 2 aromatic carbocycles. The van der Waals surface area contributed by atoms with E-state index in [4.69, 9.17) is 0 Å². The van der Waals surface area contributed by atoms with Crippen molar-refractivity contribution in [2.45, 2.75) is 24.5 Å². The SMILES string of the molecule is CNCCC[C@@H]1Cc2ccccc2N(c2ccccc2F)S1. The molecule has 1 aliphatic heterocycles. The van der Waals surface area contributed by atoms with Crippen LogP contribution in [0.5, 0.6) is 0 Å². The lowest BCUT2D eigenvalue weighted by Crippen LogP contribution is -2.25. The van der Waals surface area contributed by atoms with E-state index in [-0.39, 0.29) is 5.82 Å². The first-order valence-electron chi connectivity index (χ1n) is 7.73. The van der Waals surface area contributed by atoms with Crippen LogP contribution in [0.1, 0.15) is 18.4 Å². The van der Waals surface area contributed by atoms with E-state index in [0.29, 0.717) is 10.9 Å². The number of nitrogens with one attached hydrogen (secondary N) is 1. The highest BCUT2D eigenvalue weighted by molar-refractivity contribution is 8.01. The standard InChI is InChI=1S/C18H21FN2S/c1-20-12-6-8-15-13-14-7-2-4-10-17(14)21(22-15)18-11-5-3-9-16(18)19/h2-5,7,9-11,15,20H,6,8,12-13H2,1H3/t15-/m1/s1. The summed E-state index contributed by atoms with van der Waals surface area (Å²) in [5, 5.41) is 3.68. The van der Waals surface area contributed by atoms with Gasteiger partial charge in [-0.25, -0.2) is 4.39 Å². The van der Waals surface area contributed by atoms with Gasteiger partial charge in [0.15, 0.2) is 0 Å². The molecule has 0 aromatic heterocycles. The molecule has 3 rings (SSSR count). The Morgan fingerprint density at radius 1 is 1.14 bits per heavy atom. The summed E-state index contributed by atoms with van der Waals surface area (Å²) in [6, 6.07) is 15.4. The first-order valence-corrected chi connectivity index (χ1v) is 8.57. The van der Waals surface area contributed by atoms with E-state index in [0.717, 1.165) is 31.5 Å². The second-order valence-corrected chi connectivity index (χ2v) is 6.79. The van der Waals surface area contributed by atoms with Crippen molar-refractivity contribution in [3.05, 3.63) is 59.9 Å². The van der Waals surface area contributed by atoms with Crippen LogP contribution in [0.3, 0.4) is 0 Å². The van der Waals surface area contributed by atoms with Crippen LogP contribution in [0.4, 0.5) is 15.8 Å². The Kier molecular flexibility index (Phi) is 5.01. The van der Waals surface area contributed by atoms with E-state index in [2.05, 4.69) is 27.8 Å². The minimum absolute atomic E-state index is 0.166. The van der Waals surface area contributed by atoms with Gasteiger partial charge in [-0.1, -0.05) is 30.3 Å². The number of hydrogen-bond acceptors (Lipinski definition) is 3. The summed E-state index contributed by atoms with van der Waals surface area (Å²) in [4.78, 5) is 0. The minimum Gasteiger partial charge on any atom is -0.320 e. The molecular formula is C18H21FN2S. The number of para-hydroxylation sites is 2. The smallest absolute Gasteiger partial charge is 0.147 e. The molecule has 22 heavy (non-hydrogen) atoms. The van der Waals surface area contributed by atoms with Gasteiger partial charge in [0.05, 0.1) is 11.4 Å². The Morgan fingerprint density at radius 2 is 1.86 bits per heavy atom. The molecule has 0 bridgehead atoms. The molecule has 0 saturated carbocycles. The van der Waals surface area contributed by atoms with Crippen LogP contribution in [0.25, 0.3) is 0 Å². The third kappa shape index (κ3) is 3.28. The Balaban J connectivity index is 1.89. The molecule has 1 heterocycles. The first kappa shape index (κ1) is 15.4. The molecule has 4 heteroatoms. The fourth-order valence-corrected chi connectivity index (χ4v) is 4.21. The highest BCUT2D eigenvalue weighted by Gasteiger charge is 2.27. The van der Waals surface area contributed by atoms with Crippen LogP contribution in [-0.4, -0.2) is 18.8 Å². The monoisotopic (exact) mass is 316 g/mol. The second-order valence-electron chi connectivity index (χ2n) is 5.55. The lowest BCUT2D eigenvalue weighted by molar-refractivity contribution is 0.628. The Bertz CT molecular complexity index is 632. The van der Waals surface area contributed by atoms with Crippen molar-refractivity contribution in [1.29, 1.82) is 0 Å². The van der Waals surface area contributed by atoms with Crippen LogP contribution in [-0.2, 0) is 6.42 Å². The summed E-state index contributed by atoms with van der Waals surface area (Å²) in [6.45, 7) is 1.03. The maximum atomic E-state index is 14.2. The van der Waals surface area contributed by atoms with Gasteiger partial charge >= 0.3 is 0 Å². The van der Waals surface area contributed by atoms with Gasteiger partial charge in [-0.2, -0.15) is 0 Å². The predicted molar refractivity (Wildman–Crippen MR) is 93.2 cm³/mol. The fourth-order valence-electron chi connectivity index (χ4n) is 2.83. The summed E-state index contributed by atoms with van der Waals surface area (Å²) >= 11 is 1.76. The highest BCUT2D eigenvalue weighted by atomic mass is 32.2. The Morgan fingerprint density at radius 3 is 2.64 bits per heavy atom. The van der Waals surface area contributed by atoms with E-state index in [1.807, 2.05) is 25.2 Å². The summed E-state index contributed by atoms with van der Waals surface area (Å²) in [6.07, 6.45) is 3.32. The third-order valence-corrected chi connectivity index (χ3v) is 5.24. The summed E-state index contributed by atoms with van der Waals surface area (Å²) in [7, 11) is 1.98. The van der Waals surface area contributed by atoms with Gasteiger partial charge < -0.3 is 5.32 Å². The van der Waals surface area contributed by atoms with Crippen LogP contribution >= 0.6 is 11.9 Å².